The van der Waals surface area contributed by atoms with Gasteiger partial charge < -0.3 is 20.7 Å². The lowest BCUT2D eigenvalue weighted by Crippen LogP contribution is -2.49. The number of hydrogen-bond acceptors (Lipinski definition) is 4. The van der Waals surface area contributed by atoms with Crippen molar-refractivity contribution < 1.29 is 19.1 Å². The average molecular weight is 389 g/mol. The Kier molecular flexibility index (Phi) is 6.06. The minimum atomic E-state index is -0.735. The summed E-state index contributed by atoms with van der Waals surface area (Å²) < 4.78 is 5.29. The number of anilines is 2. The summed E-state index contributed by atoms with van der Waals surface area (Å²) in [4.78, 5) is 37.1. The number of amides is 3. The second-order valence-electron chi connectivity index (χ2n) is 8.84. The van der Waals surface area contributed by atoms with Crippen LogP contribution < -0.4 is 16.0 Å². The van der Waals surface area contributed by atoms with Crippen molar-refractivity contribution in [3.05, 3.63) is 23.8 Å². The molecule has 7 nitrogen and oxygen atoms in total. The molecule has 1 aromatic carbocycles. The second kappa shape index (κ2) is 7.81. The van der Waals surface area contributed by atoms with Crippen molar-refractivity contribution in [3.63, 3.8) is 0 Å². The van der Waals surface area contributed by atoms with Crippen molar-refractivity contribution in [2.45, 2.75) is 71.9 Å². The lowest BCUT2D eigenvalue weighted by atomic mass is 9.86. The maximum absolute atomic E-state index is 12.9. The highest BCUT2D eigenvalue weighted by Crippen LogP contribution is 2.38. The van der Waals surface area contributed by atoms with Crippen LogP contribution in [0.1, 0.15) is 60.5 Å². The fourth-order valence-corrected chi connectivity index (χ4v) is 3.01. The van der Waals surface area contributed by atoms with Gasteiger partial charge in [-0.3, -0.25) is 9.59 Å². The summed E-state index contributed by atoms with van der Waals surface area (Å²) in [5.41, 5.74) is 0.841. The molecule has 1 aromatic rings. The summed E-state index contributed by atoms with van der Waals surface area (Å²) in [6.07, 6.45) is 0.0848. The van der Waals surface area contributed by atoms with E-state index in [0.29, 0.717) is 12.1 Å². The lowest BCUT2D eigenvalue weighted by Gasteiger charge is -2.26. The van der Waals surface area contributed by atoms with Gasteiger partial charge in [-0.15, -0.1) is 0 Å². The molecule has 2 atom stereocenters. The first-order valence-corrected chi connectivity index (χ1v) is 9.61. The molecule has 0 bridgehead atoms. The Morgan fingerprint density at radius 2 is 1.89 bits per heavy atom. The van der Waals surface area contributed by atoms with E-state index in [4.69, 9.17) is 4.74 Å². The Balaban J connectivity index is 2.17. The minimum absolute atomic E-state index is 0.0740. The first kappa shape index (κ1) is 21.7. The van der Waals surface area contributed by atoms with Crippen LogP contribution in [0, 0.1) is 5.92 Å². The number of nitrogens with one attached hydrogen (secondary N) is 3. The van der Waals surface area contributed by atoms with Crippen LogP contribution in [0.5, 0.6) is 0 Å². The van der Waals surface area contributed by atoms with Crippen LogP contribution in [0.25, 0.3) is 0 Å². The fourth-order valence-electron chi connectivity index (χ4n) is 3.01. The van der Waals surface area contributed by atoms with Crippen molar-refractivity contribution in [1.29, 1.82) is 0 Å². The summed E-state index contributed by atoms with van der Waals surface area (Å²) in [7, 11) is 0. The average Bonchev–Trinajstić information content (AvgIpc) is 2.80. The summed E-state index contributed by atoms with van der Waals surface area (Å²) in [5, 5.41) is 8.38. The number of carbonyl (C=O) groups excluding carboxylic acids is 3. The third kappa shape index (κ3) is 4.82. The highest BCUT2D eigenvalue weighted by atomic mass is 16.6. The van der Waals surface area contributed by atoms with Gasteiger partial charge in [0.1, 0.15) is 11.6 Å². The number of ether oxygens (including phenoxy) is 1. The topological polar surface area (TPSA) is 96.5 Å². The minimum Gasteiger partial charge on any atom is -0.444 e. The Morgan fingerprint density at radius 1 is 1.25 bits per heavy atom. The molecule has 28 heavy (non-hydrogen) atoms. The van der Waals surface area contributed by atoms with Gasteiger partial charge in [-0.2, -0.15) is 0 Å². The van der Waals surface area contributed by atoms with Crippen molar-refractivity contribution in [2.75, 3.05) is 10.6 Å². The normalized spacial score (nSPS) is 17.2. The van der Waals surface area contributed by atoms with Crippen molar-refractivity contribution in [3.8, 4) is 0 Å². The third-order valence-electron chi connectivity index (χ3n) is 4.94. The molecular formula is C21H31N3O4. The van der Waals surface area contributed by atoms with E-state index in [0.717, 1.165) is 11.3 Å². The molecule has 1 heterocycles. The first-order valence-electron chi connectivity index (χ1n) is 9.61. The molecule has 1 aliphatic heterocycles. The van der Waals surface area contributed by atoms with Gasteiger partial charge in [0.15, 0.2) is 0 Å². The molecule has 0 fully saturated rings. The summed E-state index contributed by atoms with van der Waals surface area (Å²) in [6, 6.07) is 4.57. The predicted molar refractivity (Wildman–Crippen MR) is 109 cm³/mol. The van der Waals surface area contributed by atoms with E-state index in [1.54, 1.807) is 39.0 Å². The molecule has 7 heteroatoms. The Labute approximate surface area is 166 Å². The SMILES string of the molecule is CCC(C)C(NC(=O)OC(C)(C)C)C(=O)Nc1ccc2c(c1)C(C)(C)C(=O)N2. The number of hydrogen-bond donors (Lipinski definition) is 3. The largest absolute Gasteiger partial charge is 0.444 e. The second-order valence-corrected chi connectivity index (χ2v) is 8.84. The molecule has 2 unspecified atom stereocenters. The Bertz CT molecular complexity index is 780. The third-order valence-corrected chi connectivity index (χ3v) is 4.94. The van der Waals surface area contributed by atoms with Gasteiger partial charge in [0, 0.05) is 11.4 Å². The number of rotatable bonds is 5. The summed E-state index contributed by atoms with van der Waals surface area (Å²) >= 11 is 0. The maximum atomic E-state index is 12.9. The molecule has 0 spiro atoms. The smallest absolute Gasteiger partial charge is 0.408 e. The van der Waals surface area contributed by atoms with E-state index in [1.165, 1.54) is 0 Å². The van der Waals surface area contributed by atoms with Crippen LogP contribution in [0.4, 0.5) is 16.2 Å². The van der Waals surface area contributed by atoms with Gasteiger partial charge in [0.05, 0.1) is 5.41 Å². The fraction of sp³-hybridized carbons (Fsp3) is 0.571. The number of carbonyl (C=O) groups is 3. The van der Waals surface area contributed by atoms with Crippen LogP contribution in [0.15, 0.2) is 18.2 Å². The van der Waals surface area contributed by atoms with Gasteiger partial charge in [0.25, 0.3) is 0 Å². The molecule has 0 aliphatic carbocycles. The van der Waals surface area contributed by atoms with Crippen LogP contribution in [-0.4, -0.2) is 29.6 Å². The summed E-state index contributed by atoms with van der Waals surface area (Å²) in [5.74, 6) is -0.480. The van der Waals surface area contributed by atoms with Gasteiger partial charge >= 0.3 is 6.09 Å². The zero-order valence-corrected chi connectivity index (χ0v) is 17.7. The molecule has 1 aliphatic rings. The molecule has 3 amide bonds. The van der Waals surface area contributed by atoms with Crippen LogP contribution >= 0.6 is 0 Å². The zero-order valence-electron chi connectivity index (χ0n) is 17.7. The van der Waals surface area contributed by atoms with Gasteiger partial charge in [-0.25, -0.2) is 4.79 Å². The molecular weight excluding hydrogens is 358 g/mol. The first-order chi connectivity index (χ1) is 12.8. The van der Waals surface area contributed by atoms with E-state index in [-0.39, 0.29) is 17.7 Å². The molecule has 3 N–H and O–H groups in total. The van der Waals surface area contributed by atoms with Gasteiger partial charge in [-0.05, 0) is 64.3 Å². The molecule has 0 radical (unpaired) electrons. The van der Waals surface area contributed by atoms with Gasteiger partial charge in [-0.1, -0.05) is 20.3 Å². The number of fused-ring (bicyclic) bond motifs is 1. The van der Waals surface area contributed by atoms with E-state index in [9.17, 15) is 14.4 Å². The standard InChI is InChI=1S/C21H31N3O4/c1-8-12(2)16(24-19(27)28-20(3,4)5)17(25)22-13-9-10-15-14(11-13)21(6,7)18(26)23-15/h9-12,16H,8H2,1-7H3,(H,22,25)(H,23,26)(H,24,27). The maximum Gasteiger partial charge on any atom is 0.408 e. The quantitative estimate of drug-likeness (QED) is 0.714. The Morgan fingerprint density at radius 3 is 2.46 bits per heavy atom. The number of alkyl carbamates (subject to hydrolysis) is 1. The van der Waals surface area contributed by atoms with Crippen molar-refractivity contribution >= 4 is 29.3 Å². The van der Waals surface area contributed by atoms with Crippen molar-refractivity contribution in [1.82, 2.24) is 5.32 Å². The zero-order chi connectivity index (χ0) is 21.3. The summed E-state index contributed by atoms with van der Waals surface area (Å²) in [6.45, 7) is 12.8. The predicted octanol–water partition coefficient (Wildman–Crippen LogP) is 3.79. The lowest BCUT2D eigenvalue weighted by molar-refractivity contribution is -0.120. The molecule has 0 saturated heterocycles. The van der Waals surface area contributed by atoms with Gasteiger partial charge in [0.2, 0.25) is 11.8 Å². The Hall–Kier alpha value is -2.57. The van der Waals surface area contributed by atoms with E-state index in [2.05, 4.69) is 16.0 Å². The van der Waals surface area contributed by atoms with Crippen molar-refractivity contribution in [2.24, 2.45) is 5.92 Å². The number of benzene rings is 1. The van der Waals surface area contributed by atoms with E-state index < -0.39 is 23.2 Å². The molecule has 0 aromatic heterocycles. The molecule has 0 saturated carbocycles. The monoisotopic (exact) mass is 389 g/mol. The van der Waals surface area contributed by atoms with Crippen LogP contribution in [0.2, 0.25) is 0 Å². The highest BCUT2D eigenvalue weighted by Gasteiger charge is 2.38. The van der Waals surface area contributed by atoms with Crippen LogP contribution in [-0.2, 0) is 19.7 Å². The van der Waals surface area contributed by atoms with Crippen LogP contribution in [0.3, 0.4) is 0 Å². The molecule has 154 valence electrons. The van der Waals surface area contributed by atoms with E-state index in [1.807, 2.05) is 27.7 Å². The molecule has 2 rings (SSSR count). The highest BCUT2D eigenvalue weighted by molar-refractivity contribution is 6.06. The van der Waals surface area contributed by atoms with E-state index >= 15 is 0 Å².